The number of hydrogen-bond donors (Lipinski definition) is 2. The summed E-state index contributed by atoms with van der Waals surface area (Å²) < 4.78 is 5.49. The maximum absolute atomic E-state index is 12.7. The number of nitrogens with one attached hydrogen (secondary N) is 2. The van der Waals surface area contributed by atoms with Crippen LogP contribution in [0.25, 0.3) is 0 Å². The van der Waals surface area contributed by atoms with Crippen molar-refractivity contribution in [2.24, 2.45) is 0 Å². The molecule has 0 aromatic rings. The van der Waals surface area contributed by atoms with Crippen molar-refractivity contribution in [3.63, 3.8) is 0 Å². The summed E-state index contributed by atoms with van der Waals surface area (Å²) in [5.74, 6) is 0.244. The molecule has 24 heavy (non-hydrogen) atoms. The molecule has 0 bridgehead atoms. The molecule has 142 valence electrons. The first-order valence-corrected chi connectivity index (χ1v) is 9.05. The van der Waals surface area contributed by atoms with E-state index in [4.69, 9.17) is 4.74 Å². The predicted octanol–water partition coefficient (Wildman–Crippen LogP) is 2.12. The van der Waals surface area contributed by atoms with Gasteiger partial charge in [0.05, 0.1) is 13.2 Å². The van der Waals surface area contributed by atoms with Gasteiger partial charge in [-0.25, -0.2) is 0 Å². The molecular formula is C17H33Cl2N3O2. The number of piperidine rings is 1. The van der Waals surface area contributed by atoms with Crippen LogP contribution in [-0.4, -0.2) is 61.3 Å². The van der Waals surface area contributed by atoms with Crippen LogP contribution < -0.4 is 10.6 Å². The number of morpholine rings is 1. The minimum Gasteiger partial charge on any atom is -0.379 e. The van der Waals surface area contributed by atoms with Crippen molar-refractivity contribution in [2.45, 2.75) is 69.5 Å². The predicted molar refractivity (Wildman–Crippen MR) is 101 cm³/mol. The first-order valence-electron chi connectivity index (χ1n) is 9.05. The molecule has 0 aromatic carbocycles. The summed E-state index contributed by atoms with van der Waals surface area (Å²) in [6.45, 7) is 6.84. The summed E-state index contributed by atoms with van der Waals surface area (Å²) >= 11 is 0. The largest absolute Gasteiger partial charge is 0.379 e. The third kappa shape index (κ3) is 5.21. The maximum atomic E-state index is 12.7. The van der Waals surface area contributed by atoms with Gasteiger partial charge in [0.15, 0.2) is 0 Å². The van der Waals surface area contributed by atoms with Gasteiger partial charge in [-0.15, -0.1) is 24.8 Å². The number of amides is 1. The molecule has 0 spiro atoms. The number of hydrogen-bond acceptors (Lipinski definition) is 4. The van der Waals surface area contributed by atoms with Crippen LogP contribution in [0.5, 0.6) is 0 Å². The van der Waals surface area contributed by atoms with Crippen LogP contribution in [0, 0.1) is 0 Å². The average Bonchev–Trinajstić information content (AvgIpc) is 3.00. The highest BCUT2D eigenvalue weighted by atomic mass is 35.5. The van der Waals surface area contributed by atoms with E-state index in [0.29, 0.717) is 18.5 Å². The van der Waals surface area contributed by atoms with Gasteiger partial charge in [0.2, 0.25) is 5.91 Å². The molecule has 2 unspecified atom stereocenters. The van der Waals surface area contributed by atoms with Gasteiger partial charge >= 0.3 is 0 Å². The average molecular weight is 382 g/mol. The van der Waals surface area contributed by atoms with E-state index in [-0.39, 0.29) is 36.3 Å². The standard InChI is InChI=1S/C17H31N3O2.2ClH/c1-14-15(5-4-8-18-14)19-16(21)13-17(6-2-3-7-17)20-9-11-22-12-10-20;;/h14-15,18H,2-13H2,1H3,(H,19,21);2*1H. The molecule has 3 rings (SSSR count). The summed E-state index contributed by atoms with van der Waals surface area (Å²) in [5, 5.41) is 6.76. The Morgan fingerprint density at radius 3 is 2.50 bits per heavy atom. The highest BCUT2D eigenvalue weighted by Crippen LogP contribution is 2.38. The Morgan fingerprint density at radius 2 is 1.88 bits per heavy atom. The van der Waals surface area contributed by atoms with E-state index in [1.807, 2.05) is 0 Å². The molecule has 1 amide bonds. The summed E-state index contributed by atoms with van der Waals surface area (Å²) in [6, 6.07) is 0.685. The third-order valence-corrected chi connectivity index (χ3v) is 5.81. The molecule has 3 fully saturated rings. The van der Waals surface area contributed by atoms with Gasteiger partial charge in [-0.05, 0) is 39.2 Å². The molecular weight excluding hydrogens is 349 g/mol. The maximum Gasteiger partial charge on any atom is 0.222 e. The zero-order valence-electron chi connectivity index (χ0n) is 14.7. The summed E-state index contributed by atoms with van der Waals surface area (Å²) in [5.41, 5.74) is 0.0964. The molecule has 3 aliphatic rings. The Kier molecular flexibility index (Phi) is 9.31. The van der Waals surface area contributed by atoms with E-state index < -0.39 is 0 Å². The van der Waals surface area contributed by atoms with Crippen molar-refractivity contribution < 1.29 is 9.53 Å². The lowest BCUT2D eigenvalue weighted by Crippen LogP contribution is -2.56. The first-order chi connectivity index (χ1) is 10.7. The number of carbonyl (C=O) groups excluding carboxylic acids is 1. The van der Waals surface area contributed by atoms with Gasteiger partial charge in [-0.3, -0.25) is 9.69 Å². The van der Waals surface area contributed by atoms with Crippen molar-refractivity contribution in [1.82, 2.24) is 15.5 Å². The smallest absolute Gasteiger partial charge is 0.222 e. The van der Waals surface area contributed by atoms with Crippen molar-refractivity contribution in [3.05, 3.63) is 0 Å². The monoisotopic (exact) mass is 381 g/mol. The molecule has 1 aliphatic carbocycles. The number of ether oxygens (including phenoxy) is 1. The van der Waals surface area contributed by atoms with E-state index in [2.05, 4.69) is 22.5 Å². The molecule has 2 heterocycles. The third-order valence-electron chi connectivity index (χ3n) is 5.81. The number of carbonyl (C=O) groups is 1. The minimum atomic E-state index is 0. The Balaban J connectivity index is 0.00000144. The molecule has 1 saturated carbocycles. The van der Waals surface area contributed by atoms with Crippen LogP contribution >= 0.6 is 24.8 Å². The lowest BCUT2D eigenvalue weighted by Gasteiger charge is -2.43. The zero-order valence-corrected chi connectivity index (χ0v) is 16.4. The van der Waals surface area contributed by atoms with Crippen molar-refractivity contribution in [2.75, 3.05) is 32.8 Å². The van der Waals surface area contributed by atoms with E-state index >= 15 is 0 Å². The van der Waals surface area contributed by atoms with Crippen LogP contribution in [0.2, 0.25) is 0 Å². The topological polar surface area (TPSA) is 53.6 Å². The SMILES string of the molecule is CC1NCCCC1NC(=O)CC1(N2CCOCC2)CCCC1.Cl.Cl. The fourth-order valence-corrected chi connectivity index (χ4v) is 4.47. The Bertz CT molecular complexity index is 386. The van der Waals surface area contributed by atoms with Gasteiger partial charge in [0.1, 0.15) is 0 Å². The van der Waals surface area contributed by atoms with E-state index in [1.54, 1.807) is 0 Å². The van der Waals surface area contributed by atoms with Gasteiger partial charge in [-0.2, -0.15) is 0 Å². The highest BCUT2D eigenvalue weighted by Gasteiger charge is 2.42. The van der Waals surface area contributed by atoms with E-state index in [9.17, 15) is 4.79 Å². The van der Waals surface area contributed by atoms with Crippen molar-refractivity contribution in [1.29, 1.82) is 0 Å². The first kappa shape index (κ1) is 22.0. The normalized spacial score (nSPS) is 30.0. The van der Waals surface area contributed by atoms with Gasteiger partial charge in [0, 0.05) is 37.1 Å². The minimum absolute atomic E-state index is 0. The van der Waals surface area contributed by atoms with Gasteiger partial charge in [-0.1, -0.05) is 12.8 Å². The molecule has 2 aliphatic heterocycles. The molecule has 2 atom stereocenters. The lowest BCUT2D eigenvalue weighted by atomic mass is 9.89. The Labute approximate surface area is 158 Å². The molecule has 0 aromatic heterocycles. The van der Waals surface area contributed by atoms with Gasteiger partial charge < -0.3 is 15.4 Å². The fourth-order valence-electron chi connectivity index (χ4n) is 4.47. The van der Waals surface area contributed by atoms with E-state index in [1.165, 1.54) is 25.7 Å². The highest BCUT2D eigenvalue weighted by molar-refractivity contribution is 5.85. The van der Waals surface area contributed by atoms with Crippen LogP contribution in [0.15, 0.2) is 0 Å². The fraction of sp³-hybridized carbons (Fsp3) is 0.941. The number of halogens is 2. The second kappa shape index (κ2) is 10.2. The lowest BCUT2D eigenvalue weighted by molar-refractivity contribution is -0.126. The van der Waals surface area contributed by atoms with Crippen LogP contribution in [0.4, 0.5) is 0 Å². The number of nitrogens with zero attached hydrogens (tertiary/aromatic N) is 1. The van der Waals surface area contributed by atoms with Gasteiger partial charge in [0.25, 0.3) is 0 Å². The molecule has 0 radical (unpaired) electrons. The molecule has 2 saturated heterocycles. The second-order valence-electron chi connectivity index (χ2n) is 7.27. The Morgan fingerprint density at radius 1 is 1.21 bits per heavy atom. The molecule has 7 heteroatoms. The van der Waals surface area contributed by atoms with Crippen LogP contribution in [0.3, 0.4) is 0 Å². The molecule has 5 nitrogen and oxygen atoms in total. The summed E-state index contributed by atoms with van der Waals surface area (Å²) in [7, 11) is 0. The van der Waals surface area contributed by atoms with Crippen molar-refractivity contribution in [3.8, 4) is 0 Å². The van der Waals surface area contributed by atoms with E-state index in [0.717, 1.165) is 45.7 Å². The summed E-state index contributed by atoms with van der Waals surface area (Å²) in [4.78, 5) is 15.2. The molecule has 2 N–H and O–H groups in total. The van der Waals surface area contributed by atoms with Crippen LogP contribution in [0.1, 0.15) is 51.9 Å². The van der Waals surface area contributed by atoms with Crippen LogP contribution in [-0.2, 0) is 9.53 Å². The quantitative estimate of drug-likeness (QED) is 0.782. The second-order valence-corrected chi connectivity index (χ2v) is 7.27. The Hall–Kier alpha value is -0.0700. The number of rotatable bonds is 4. The zero-order chi connectivity index (χ0) is 15.4. The summed E-state index contributed by atoms with van der Waals surface area (Å²) in [6.07, 6.45) is 7.76. The van der Waals surface area contributed by atoms with Crippen molar-refractivity contribution >= 4 is 30.7 Å².